The molecule has 0 aliphatic rings. The Balaban J connectivity index is 2.60. The molecule has 1 heterocycles. The molecule has 0 spiro atoms. The summed E-state index contributed by atoms with van der Waals surface area (Å²) in [6.07, 6.45) is 2.90. The minimum atomic E-state index is -0.647. The summed E-state index contributed by atoms with van der Waals surface area (Å²) in [4.78, 5) is 21.4. The maximum absolute atomic E-state index is 12.5. The number of aromatic nitrogens is 2. The van der Waals surface area contributed by atoms with E-state index in [1.54, 1.807) is 20.2 Å². The van der Waals surface area contributed by atoms with Gasteiger partial charge in [0.2, 0.25) is 0 Å². The molecule has 0 saturated carbocycles. The van der Waals surface area contributed by atoms with Gasteiger partial charge in [0.1, 0.15) is 11.5 Å². The highest BCUT2D eigenvalue weighted by atomic mass is 32.2. The number of ketones is 1. The lowest BCUT2D eigenvalue weighted by Gasteiger charge is -2.22. The van der Waals surface area contributed by atoms with E-state index in [0.29, 0.717) is 16.4 Å². The average molecular weight is 362 g/mol. The molecule has 1 aromatic heterocycles. The zero-order valence-electron chi connectivity index (χ0n) is 15.0. The Kier molecular flexibility index (Phi) is 6.92. The summed E-state index contributed by atoms with van der Waals surface area (Å²) < 4.78 is 15.9. The summed E-state index contributed by atoms with van der Waals surface area (Å²) in [6.45, 7) is 1.55. The van der Waals surface area contributed by atoms with Gasteiger partial charge in [-0.25, -0.2) is 9.97 Å². The Morgan fingerprint density at radius 2 is 1.76 bits per heavy atom. The van der Waals surface area contributed by atoms with Crippen molar-refractivity contribution in [2.24, 2.45) is 0 Å². The standard InChI is InChI=1S/C18H22N2O4S/c1-11(21)15(12-6-8-13(22-2)9-7-12)16-14(17(23-3)24-4)10-19-18(20-16)25-5/h6-10,15,17H,1-5H3. The topological polar surface area (TPSA) is 70.5 Å². The summed E-state index contributed by atoms with van der Waals surface area (Å²) in [7, 11) is 4.68. The number of thioether (sulfide) groups is 1. The average Bonchev–Trinajstić information content (AvgIpc) is 2.64. The monoisotopic (exact) mass is 362 g/mol. The lowest BCUT2D eigenvalue weighted by atomic mass is 9.89. The lowest BCUT2D eigenvalue weighted by Crippen LogP contribution is -2.18. The molecule has 0 radical (unpaired) electrons. The number of carbonyl (C=O) groups is 1. The summed E-state index contributed by atoms with van der Waals surface area (Å²) in [5.74, 6) is 0.163. The number of hydrogen-bond donors (Lipinski definition) is 0. The molecular formula is C18H22N2O4S. The molecule has 0 N–H and O–H groups in total. The zero-order valence-corrected chi connectivity index (χ0v) is 15.8. The fourth-order valence-electron chi connectivity index (χ4n) is 2.63. The molecule has 2 rings (SSSR count). The van der Waals surface area contributed by atoms with Gasteiger partial charge in [0.05, 0.1) is 18.7 Å². The van der Waals surface area contributed by atoms with E-state index in [0.717, 1.165) is 11.3 Å². The van der Waals surface area contributed by atoms with E-state index in [1.807, 2.05) is 30.5 Å². The van der Waals surface area contributed by atoms with Crippen molar-refractivity contribution in [2.75, 3.05) is 27.6 Å². The van der Waals surface area contributed by atoms with Crippen molar-refractivity contribution in [1.82, 2.24) is 9.97 Å². The van der Waals surface area contributed by atoms with Gasteiger partial charge in [0, 0.05) is 26.0 Å². The molecule has 0 aliphatic heterocycles. The Bertz CT molecular complexity index is 718. The van der Waals surface area contributed by atoms with E-state index < -0.39 is 12.2 Å². The number of hydrogen-bond acceptors (Lipinski definition) is 7. The van der Waals surface area contributed by atoms with Crippen molar-refractivity contribution >= 4 is 17.5 Å². The third-order valence-corrected chi connectivity index (χ3v) is 4.38. The molecule has 25 heavy (non-hydrogen) atoms. The normalized spacial score (nSPS) is 12.2. The van der Waals surface area contributed by atoms with Crippen molar-refractivity contribution in [3.05, 3.63) is 47.3 Å². The van der Waals surface area contributed by atoms with Gasteiger partial charge >= 0.3 is 0 Å². The first-order valence-corrected chi connectivity index (χ1v) is 8.89. The molecule has 134 valence electrons. The van der Waals surface area contributed by atoms with E-state index in [9.17, 15) is 4.79 Å². The molecule has 0 fully saturated rings. The van der Waals surface area contributed by atoms with Crippen LogP contribution in [0.4, 0.5) is 0 Å². The molecule has 6 nitrogen and oxygen atoms in total. The van der Waals surface area contributed by atoms with E-state index in [-0.39, 0.29) is 5.78 Å². The summed E-state index contributed by atoms with van der Waals surface area (Å²) in [5.41, 5.74) is 2.05. The third kappa shape index (κ3) is 4.36. The second-order valence-electron chi connectivity index (χ2n) is 5.32. The van der Waals surface area contributed by atoms with Crippen LogP contribution in [0, 0.1) is 0 Å². The van der Waals surface area contributed by atoms with Crippen LogP contribution in [0.25, 0.3) is 0 Å². The highest BCUT2D eigenvalue weighted by Gasteiger charge is 2.28. The molecule has 0 aliphatic carbocycles. The summed E-state index contributed by atoms with van der Waals surface area (Å²) in [5, 5.41) is 0.587. The Labute approximate surface area is 151 Å². The van der Waals surface area contributed by atoms with Crippen molar-refractivity contribution in [3.63, 3.8) is 0 Å². The lowest BCUT2D eigenvalue weighted by molar-refractivity contribution is -0.118. The Morgan fingerprint density at radius 3 is 2.24 bits per heavy atom. The molecule has 0 amide bonds. The molecule has 0 saturated heterocycles. The van der Waals surface area contributed by atoms with Gasteiger partial charge in [-0.1, -0.05) is 23.9 Å². The predicted octanol–water partition coefficient (Wildman–Crippen LogP) is 3.22. The van der Waals surface area contributed by atoms with E-state index in [4.69, 9.17) is 14.2 Å². The number of Topliss-reactive ketones (excluding diaryl/α,β-unsaturated/α-hetero) is 1. The van der Waals surface area contributed by atoms with Crippen LogP contribution in [0.3, 0.4) is 0 Å². The van der Waals surface area contributed by atoms with Crippen molar-refractivity contribution < 1.29 is 19.0 Å². The molecule has 2 aromatic rings. The minimum Gasteiger partial charge on any atom is -0.497 e. The van der Waals surface area contributed by atoms with E-state index >= 15 is 0 Å². The van der Waals surface area contributed by atoms with E-state index in [1.165, 1.54) is 26.0 Å². The maximum atomic E-state index is 12.5. The molecular weight excluding hydrogens is 340 g/mol. The van der Waals surface area contributed by atoms with Gasteiger partial charge in [-0.2, -0.15) is 0 Å². The quantitative estimate of drug-likeness (QED) is 0.406. The fourth-order valence-corrected chi connectivity index (χ4v) is 2.98. The first kappa shape index (κ1) is 19.4. The van der Waals surface area contributed by atoms with Crippen molar-refractivity contribution in [2.45, 2.75) is 24.3 Å². The second-order valence-corrected chi connectivity index (χ2v) is 6.09. The largest absolute Gasteiger partial charge is 0.497 e. The molecule has 7 heteroatoms. The number of nitrogens with zero attached hydrogens (tertiary/aromatic N) is 2. The molecule has 0 bridgehead atoms. The van der Waals surface area contributed by atoms with Crippen LogP contribution < -0.4 is 4.74 Å². The van der Waals surface area contributed by atoms with Crippen LogP contribution in [0.1, 0.15) is 36.0 Å². The van der Waals surface area contributed by atoms with Gasteiger partial charge < -0.3 is 14.2 Å². The Morgan fingerprint density at radius 1 is 1.12 bits per heavy atom. The smallest absolute Gasteiger partial charge is 0.187 e. The Hall–Kier alpha value is -1.96. The zero-order chi connectivity index (χ0) is 18.4. The van der Waals surface area contributed by atoms with Gasteiger partial charge in [0.25, 0.3) is 0 Å². The van der Waals surface area contributed by atoms with E-state index in [2.05, 4.69) is 9.97 Å². The van der Waals surface area contributed by atoms with Crippen molar-refractivity contribution in [1.29, 1.82) is 0 Å². The SMILES string of the molecule is COc1ccc(C(C(C)=O)c2nc(SC)ncc2C(OC)OC)cc1. The van der Waals surface area contributed by atoms with Gasteiger partial charge in [-0.15, -0.1) is 0 Å². The first-order chi connectivity index (χ1) is 12.0. The number of ether oxygens (including phenoxy) is 3. The van der Waals surface area contributed by atoms with Gasteiger partial charge in [-0.05, 0) is 30.9 Å². The van der Waals surface area contributed by atoms with Crippen LogP contribution >= 0.6 is 11.8 Å². The second kappa shape index (κ2) is 8.94. The number of carbonyl (C=O) groups excluding carboxylic acids is 1. The van der Waals surface area contributed by atoms with Crippen LogP contribution in [0.2, 0.25) is 0 Å². The highest BCUT2D eigenvalue weighted by Crippen LogP contribution is 2.33. The molecule has 1 unspecified atom stereocenters. The molecule has 1 aromatic carbocycles. The van der Waals surface area contributed by atoms with Crippen molar-refractivity contribution in [3.8, 4) is 5.75 Å². The predicted molar refractivity (Wildman–Crippen MR) is 96.1 cm³/mol. The summed E-state index contributed by atoms with van der Waals surface area (Å²) >= 11 is 1.41. The van der Waals surface area contributed by atoms with Crippen LogP contribution in [0.5, 0.6) is 5.75 Å². The number of methoxy groups -OCH3 is 3. The number of benzene rings is 1. The van der Waals surface area contributed by atoms with Gasteiger partial charge in [0.15, 0.2) is 11.4 Å². The van der Waals surface area contributed by atoms with Crippen LogP contribution in [-0.2, 0) is 14.3 Å². The van der Waals surface area contributed by atoms with Gasteiger partial charge in [-0.3, -0.25) is 4.79 Å². The van der Waals surface area contributed by atoms with Crippen LogP contribution in [-0.4, -0.2) is 43.3 Å². The first-order valence-electron chi connectivity index (χ1n) is 7.66. The maximum Gasteiger partial charge on any atom is 0.187 e. The number of rotatable bonds is 8. The fraction of sp³-hybridized carbons (Fsp3) is 0.389. The minimum absolute atomic E-state index is 0.0249. The summed E-state index contributed by atoms with van der Waals surface area (Å²) in [6, 6.07) is 7.38. The molecule has 1 atom stereocenters. The highest BCUT2D eigenvalue weighted by molar-refractivity contribution is 7.98. The van der Waals surface area contributed by atoms with Crippen LogP contribution in [0.15, 0.2) is 35.6 Å². The third-order valence-electron chi connectivity index (χ3n) is 3.82.